The third kappa shape index (κ3) is 3.77. The topological polar surface area (TPSA) is 105 Å². The highest BCUT2D eigenvalue weighted by atomic mass is 32.2. The van der Waals surface area contributed by atoms with E-state index in [1.165, 1.54) is 22.5 Å². The van der Waals surface area contributed by atoms with E-state index in [4.69, 9.17) is 8.83 Å². The van der Waals surface area contributed by atoms with Gasteiger partial charge in [0.15, 0.2) is 5.76 Å². The third-order valence-electron chi connectivity index (χ3n) is 4.34. The molecule has 1 amide bonds. The average molecular weight is 400 g/mol. The Morgan fingerprint density at radius 2 is 2.41 bits per heavy atom. The van der Waals surface area contributed by atoms with Crippen LogP contribution in [-0.2, 0) is 17.6 Å². The molecule has 9 heteroatoms. The lowest BCUT2D eigenvalue weighted by atomic mass is 9.89. The molecule has 0 aliphatic heterocycles. The van der Waals surface area contributed by atoms with Crippen LogP contribution in [0.5, 0.6) is 0 Å². The minimum Gasteiger partial charge on any atom is -0.459 e. The lowest BCUT2D eigenvalue weighted by Crippen LogP contribution is -2.14. The molecule has 4 rings (SSSR count). The summed E-state index contributed by atoms with van der Waals surface area (Å²) in [4.78, 5) is 13.5. The van der Waals surface area contributed by atoms with E-state index in [0.29, 0.717) is 22.2 Å². The number of hydrogen-bond donors (Lipinski definition) is 1. The van der Waals surface area contributed by atoms with Crippen molar-refractivity contribution in [3.05, 3.63) is 34.4 Å². The fourth-order valence-corrected chi connectivity index (χ4v) is 4.96. The Kier molecular flexibility index (Phi) is 5.01. The summed E-state index contributed by atoms with van der Waals surface area (Å²) in [6.07, 6.45) is 4.47. The second kappa shape index (κ2) is 7.58. The van der Waals surface area contributed by atoms with Crippen LogP contribution in [-0.4, -0.2) is 21.9 Å². The molecule has 1 aliphatic carbocycles. The normalized spacial score (nSPS) is 15.9. The van der Waals surface area contributed by atoms with Crippen LogP contribution < -0.4 is 5.32 Å². The molecule has 0 bridgehead atoms. The molecule has 3 heterocycles. The zero-order chi connectivity index (χ0) is 18.8. The van der Waals surface area contributed by atoms with Gasteiger partial charge in [0.2, 0.25) is 5.91 Å². The van der Waals surface area contributed by atoms with Crippen molar-refractivity contribution >= 4 is 34.0 Å². The van der Waals surface area contributed by atoms with E-state index in [-0.39, 0.29) is 22.8 Å². The number of amides is 1. The number of fused-ring (bicyclic) bond motifs is 1. The summed E-state index contributed by atoms with van der Waals surface area (Å²) in [5.41, 5.74) is 1.71. The van der Waals surface area contributed by atoms with Crippen molar-refractivity contribution in [3.63, 3.8) is 0 Å². The minimum atomic E-state index is -0.208. The SMILES string of the molecule is C[C@@H]1CCc2c(sc(NC(=O)CSc3nnc(-c4ccco4)o3)c2C#N)C1. The summed E-state index contributed by atoms with van der Waals surface area (Å²) < 4.78 is 10.7. The Balaban J connectivity index is 1.40. The van der Waals surface area contributed by atoms with Crippen molar-refractivity contribution in [1.82, 2.24) is 10.2 Å². The Bertz CT molecular complexity index is 1000. The van der Waals surface area contributed by atoms with Gasteiger partial charge in [-0.3, -0.25) is 4.79 Å². The van der Waals surface area contributed by atoms with Gasteiger partial charge in [0, 0.05) is 4.88 Å². The fraction of sp³-hybridized carbons (Fsp3) is 0.333. The largest absolute Gasteiger partial charge is 0.459 e. The predicted octanol–water partition coefficient (Wildman–Crippen LogP) is 4.12. The predicted molar refractivity (Wildman–Crippen MR) is 102 cm³/mol. The standard InChI is InChI=1S/C18H16N4O3S2/c1-10-4-5-11-12(8-19)17(27-14(11)7-10)20-15(23)9-26-18-22-21-16(25-18)13-3-2-6-24-13/h2-3,6,10H,4-5,7,9H2,1H3,(H,20,23)/t10-/m1/s1. The maximum Gasteiger partial charge on any atom is 0.284 e. The van der Waals surface area contributed by atoms with Gasteiger partial charge in [-0.25, -0.2) is 0 Å². The highest BCUT2D eigenvalue weighted by Crippen LogP contribution is 2.39. The average Bonchev–Trinajstić information content (AvgIpc) is 3.38. The van der Waals surface area contributed by atoms with Crippen LogP contribution >= 0.6 is 23.1 Å². The van der Waals surface area contributed by atoms with Gasteiger partial charge in [-0.2, -0.15) is 5.26 Å². The number of carbonyl (C=O) groups excluding carboxylic acids is 1. The summed E-state index contributed by atoms with van der Waals surface area (Å²) in [5, 5.41) is 21.1. The molecule has 0 fully saturated rings. The number of nitriles is 1. The van der Waals surface area contributed by atoms with Gasteiger partial charge in [0.05, 0.1) is 17.6 Å². The zero-order valence-electron chi connectivity index (χ0n) is 14.5. The van der Waals surface area contributed by atoms with Crippen LogP contribution in [0, 0.1) is 17.2 Å². The van der Waals surface area contributed by atoms with Crippen LogP contribution in [0.2, 0.25) is 0 Å². The van der Waals surface area contributed by atoms with Crippen LogP contribution in [0.15, 0.2) is 32.5 Å². The molecule has 1 aliphatic rings. The van der Waals surface area contributed by atoms with Gasteiger partial charge in [-0.1, -0.05) is 18.7 Å². The van der Waals surface area contributed by atoms with Crippen molar-refractivity contribution in [3.8, 4) is 17.7 Å². The van der Waals surface area contributed by atoms with Crippen LogP contribution in [0.3, 0.4) is 0 Å². The highest BCUT2D eigenvalue weighted by Gasteiger charge is 2.24. The number of furan rings is 1. The van der Waals surface area contributed by atoms with E-state index >= 15 is 0 Å². The number of thioether (sulfide) groups is 1. The molecule has 0 saturated carbocycles. The summed E-state index contributed by atoms with van der Waals surface area (Å²) in [6, 6.07) is 5.70. The Morgan fingerprint density at radius 3 is 3.19 bits per heavy atom. The van der Waals surface area contributed by atoms with E-state index in [2.05, 4.69) is 28.5 Å². The molecule has 1 atom stereocenters. The molecule has 0 radical (unpaired) electrons. The number of carbonyl (C=O) groups is 1. The van der Waals surface area contributed by atoms with Gasteiger partial charge in [-0.15, -0.1) is 21.5 Å². The number of thiophene rings is 1. The second-order valence-corrected chi connectivity index (χ2v) is 8.39. The number of hydrogen-bond acceptors (Lipinski definition) is 8. The molecule has 1 N–H and O–H groups in total. The second-order valence-electron chi connectivity index (χ2n) is 6.35. The van der Waals surface area contributed by atoms with Crippen LogP contribution in [0.1, 0.15) is 29.3 Å². The first-order valence-electron chi connectivity index (χ1n) is 8.48. The molecule has 0 saturated heterocycles. The van der Waals surface area contributed by atoms with Crippen molar-refractivity contribution in [2.75, 3.05) is 11.1 Å². The molecular weight excluding hydrogens is 384 g/mol. The van der Waals surface area contributed by atoms with Gasteiger partial charge in [0.1, 0.15) is 11.1 Å². The first kappa shape index (κ1) is 17.8. The molecule has 7 nitrogen and oxygen atoms in total. The first-order chi connectivity index (χ1) is 13.1. The van der Waals surface area contributed by atoms with Gasteiger partial charge < -0.3 is 14.2 Å². The number of aromatic nitrogens is 2. The molecule has 3 aromatic heterocycles. The lowest BCUT2D eigenvalue weighted by Gasteiger charge is -2.17. The maximum absolute atomic E-state index is 12.3. The van der Waals surface area contributed by atoms with Gasteiger partial charge in [0.25, 0.3) is 11.1 Å². The summed E-state index contributed by atoms with van der Waals surface area (Å²) >= 11 is 2.66. The van der Waals surface area contributed by atoms with Crippen molar-refractivity contribution < 1.29 is 13.6 Å². The van der Waals surface area contributed by atoms with E-state index in [1.807, 2.05) is 0 Å². The highest BCUT2D eigenvalue weighted by molar-refractivity contribution is 7.99. The fourth-order valence-electron chi connectivity index (χ4n) is 3.02. The Labute approximate surface area is 163 Å². The Hall–Kier alpha value is -2.57. The van der Waals surface area contributed by atoms with Gasteiger partial charge in [-0.05, 0) is 42.9 Å². The summed E-state index contributed by atoms with van der Waals surface area (Å²) in [6.45, 7) is 2.21. The van der Waals surface area contributed by atoms with Crippen LogP contribution in [0.4, 0.5) is 5.00 Å². The minimum absolute atomic E-state index is 0.115. The molecule has 0 unspecified atom stereocenters. The molecular formula is C18H16N4O3S2. The Morgan fingerprint density at radius 1 is 1.52 bits per heavy atom. The van der Waals surface area contributed by atoms with Crippen molar-refractivity contribution in [2.24, 2.45) is 5.92 Å². The number of rotatable bonds is 5. The number of nitrogens with zero attached hydrogens (tertiary/aromatic N) is 3. The monoisotopic (exact) mass is 400 g/mol. The molecule has 27 heavy (non-hydrogen) atoms. The van der Waals surface area contributed by atoms with E-state index in [0.717, 1.165) is 36.6 Å². The molecule has 0 spiro atoms. The quantitative estimate of drug-likeness (QED) is 0.642. The summed E-state index contributed by atoms with van der Waals surface area (Å²) in [5.74, 6) is 1.28. The summed E-state index contributed by atoms with van der Waals surface area (Å²) in [7, 11) is 0. The van der Waals surface area contributed by atoms with Crippen molar-refractivity contribution in [2.45, 2.75) is 31.4 Å². The van der Waals surface area contributed by atoms with E-state index < -0.39 is 0 Å². The maximum atomic E-state index is 12.3. The molecule has 138 valence electrons. The molecule has 3 aromatic rings. The van der Waals surface area contributed by atoms with E-state index in [1.54, 1.807) is 12.1 Å². The van der Waals surface area contributed by atoms with Crippen molar-refractivity contribution in [1.29, 1.82) is 5.26 Å². The first-order valence-corrected chi connectivity index (χ1v) is 10.3. The smallest absolute Gasteiger partial charge is 0.284 e. The lowest BCUT2D eigenvalue weighted by molar-refractivity contribution is -0.113. The molecule has 0 aromatic carbocycles. The van der Waals surface area contributed by atoms with Gasteiger partial charge >= 0.3 is 0 Å². The number of nitrogens with one attached hydrogen (secondary N) is 1. The van der Waals surface area contributed by atoms with E-state index in [9.17, 15) is 10.1 Å². The third-order valence-corrected chi connectivity index (χ3v) is 6.33. The zero-order valence-corrected chi connectivity index (χ0v) is 16.2. The number of anilines is 1. The van der Waals surface area contributed by atoms with Crippen LogP contribution in [0.25, 0.3) is 11.7 Å².